The van der Waals surface area contributed by atoms with E-state index in [-0.39, 0.29) is 17.4 Å². The number of aliphatic hydroxyl groups excluding tert-OH is 1. The van der Waals surface area contributed by atoms with Crippen LogP contribution in [0.15, 0.2) is 24.3 Å². The molecule has 21 heavy (non-hydrogen) atoms. The Morgan fingerprint density at radius 3 is 2.90 bits per heavy atom. The van der Waals surface area contributed by atoms with Crippen LogP contribution in [0.3, 0.4) is 0 Å². The lowest BCUT2D eigenvalue weighted by molar-refractivity contribution is -0.123. The maximum Gasteiger partial charge on any atom is 0.237 e. The van der Waals surface area contributed by atoms with Crippen LogP contribution < -0.4 is 10.6 Å². The number of hydrogen-bond donors (Lipinski definition) is 3. The van der Waals surface area contributed by atoms with Gasteiger partial charge in [0.25, 0.3) is 0 Å². The SMILES string of the molecule is CC(C)(CNC(=O)C1CC(O)CN1)Cc1cccc(Cl)c1. The second-order valence-corrected chi connectivity index (χ2v) is 6.98. The number of aliphatic hydroxyl groups is 1. The van der Waals surface area contributed by atoms with Gasteiger partial charge in [-0.05, 0) is 36.0 Å². The molecule has 116 valence electrons. The largest absolute Gasteiger partial charge is 0.392 e. The van der Waals surface area contributed by atoms with Crippen molar-refractivity contribution < 1.29 is 9.90 Å². The average molecular weight is 311 g/mol. The molecular formula is C16H23ClN2O2. The summed E-state index contributed by atoms with van der Waals surface area (Å²) in [7, 11) is 0. The minimum atomic E-state index is -0.416. The van der Waals surface area contributed by atoms with Crippen LogP contribution in [0.25, 0.3) is 0 Å². The van der Waals surface area contributed by atoms with Crippen molar-refractivity contribution in [1.29, 1.82) is 0 Å². The summed E-state index contributed by atoms with van der Waals surface area (Å²) in [5, 5.41) is 16.2. The molecule has 1 aromatic rings. The van der Waals surface area contributed by atoms with E-state index in [9.17, 15) is 9.90 Å². The molecule has 2 unspecified atom stereocenters. The van der Waals surface area contributed by atoms with E-state index in [0.717, 1.165) is 17.0 Å². The van der Waals surface area contributed by atoms with E-state index in [1.165, 1.54) is 0 Å². The summed E-state index contributed by atoms with van der Waals surface area (Å²) in [6.45, 7) is 5.31. The molecule has 2 atom stereocenters. The zero-order valence-electron chi connectivity index (χ0n) is 12.5. The Balaban J connectivity index is 1.84. The molecule has 1 aromatic carbocycles. The van der Waals surface area contributed by atoms with Gasteiger partial charge in [0.2, 0.25) is 5.91 Å². The molecule has 1 saturated heterocycles. The molecule has 4 nitrogen and oxygen atoms in total. The highest BCUT2D eigenvalue weighted by Crippen LogP contribution is 2.23. The molecule has 5 heteroatoms. The quantitative estimate of drug-likeness (QED) is 0.776. The molecule has 0 aromatic heterocycles. The Labute approximate surface area is 130 Å². The molecule has 0 aliphatic carbocycles. The molecule has 1 aliphatic rings. The van der Waals surface area contributed by atoms with Crippen LogP contribution in [0.4, 0.5) is 0 Å². The zero-order valence-corrected chi connectivity index (χ0v) is 13.3. The fourth-order valence-electron chi connectivity index (χ4n) is 2.63. The van der Waals surface area contributed by atoms with Gasteiger partial charge in [-0.3, -0.25) is 4.79 Å². The maximum absolute atomic E-state index is 12.0. The second kappa shape index (κ2) is 6.77. The summed E-state index contributed by atoms with van der Waals surface area (Å²) < 4.78 is 0. The summed E-state index contributed by atoms with van der Waals surface area (Å²) in [4.78, 5) is 12.0. The van der Waals surface area contributed by atoms with Crippen molar-refractivity contribution in [2.45, 2.75) is 38.8 Å². The molecule has 0 radical (unpaired) electrons. The lowest BCUT2D eigenvalue weighted by Gasteiger charge is -2.26. The highest BCUT2D eigenvalue weighted by atomic mass is 35.5. The molecule has 0 spiro atoms. The van der Waals surface area contributed by atoms with Gasteiger partial charge >= 0.3 is 0 Å². The number of carbonyl (C=O) groups is 1. The fourth-order valence-corrected chi connectivity index (χ4v) is 2.84. The minimum absolute atomic E-state index is 0.0364. The Kier molecular flexibility index (Phi) is 5.25. The van der Waals surface area contributed by atoms with Crippen LogP contribution >= 0.6 is 11.6 Å². The van der Waals surface area contributed by atoms with Crippen LogP contribution in [-0.2, 0) is 11.2 Å². The van der Waals surface area contributed by atoms with Gasteiger partial charge in [-0.15, -0.1) is 0 Å². The third kappa shape index (κ3) is 4.99. The van der Waals surface area contributed by atoms with E-state index in [1.807, 2.05) is 24.3 Å². The van der Waals surface area contributed by atoms with E-state index >= 15 is 0 Å². The lowest BCUT2D eigenvalue weighted by Crippen LogP contribution is -2.44. The molecule has 2 rings (SSSR count). The normalized spacial score (nSPS) is 22.3. The first kappa shape index (κ1) is 16.3. The Morgan fingerprint density at radius 1 is 1.52 bits per heavy atom. The number of nitrogens with one attached hydrogen (secondary N) is 2. The summed E-state index contributed by atoms with van der Waals surface area (Å²) in [6.07, 6.45) is 0.912. The number of β-amino-alcohol motifs (C(OH)–C–C–N with tert-alkyl or cyclic N) is 1. The van der Waals surface area contributed by atoms with Crippen molar-refractivity contribution in [2.24, 2.45) is 5.41 Å². The molecule has 0 saturated carbocycles. The van der Waals surface area contributed by atoms with Crippen molar-refractivity contribution in [3.8, 4) is 0 Å². The number of hydrogen-bond acceptors (Lipinski definition) is 3. The summed E-state index contributed by atoms with van der Waals surface area (Å²) >= 11 is 6.00. The van der Waals surface area contributed by atoms with E-state index in [0.29, 0.717) is 19.5 Å². The molecule has 1 fully saturated rings. The number of benzene rings is 1. The van der Waals surface area contributed by atoms with Gasteiger partial charge in [0.15, 0.2) is 0 Å². The summed E-state index contributed by atoms with van der Waals surface area (Å²) in [6, 6.07) is 7.53. The molecule has 3 N–H and O–H groups in total. The van der Waals surface area contributed by atoms with E-state index < -0.39 is 6.10 Å². The number of halogens is 1. The summed E-state index contributed by atoms with van der Waals surface area (Å²) in [5.74, 6) is -0.0364. The first-order valence-electron chi connectivity index (χ1n) is 7.29. The van der Waals surface area contributed by atoms with Crippen molar-refractivity contribution in [3.63, 3.8) is 0 Å². The van der Waals surface area contributed by atoms with Gasteiger partial charge in [0, 0.05) is 18.1 Å². The molecule has 1 aliphatic heterocycles. The second-order valence-electron chi connectivity index (χ2n) is 6.54. The van der Waals surface area contributed by atoms with Crippen LogP contribution in [0.2, 0.25) is 5.02 Å². The monoisotopic (exact) mass is 310 g/mol. The van der Waals surface area contributed by atoms with Gasteiger partial charge in [-0.1, -0.05) is 37.6 Å². The summed E-state index contributed by atoms with van der Waals surface area (Å²) in [5.41, 5.74) is 1.11. The van der Waals surface area contributed by atoms with Crippen LogP contribution in [0, 0.1) is 5.41 Å². The van der Waals surface area contributed by atoms with Crippen LogP contribution in [-0.4, -0.2) is 36.2 Å². The predicted molar refractivity (Wildman–Crippen MR) is 84.4 cm³/mol. The predicted octanol–water partition coefficient (Wildman–Crippen LogP) is 1.75. The van der Waals surface area contributed by atoms with E-state index in [2.05, 4.69) is 24.5 Å². The number of carbonyl (C=O) groups excluding carboxylic acids is 1. The lowest BCUT2D eigenvalue weighted by atomic mass is 9.85. The van der Waals surface area contributed by atoms with Gasteiger partial charge in [-0.25, -0.2) is 0 Å². The van der Waals surface area contributed by atoms with Crippen molar-refractivity contribution in [3.05, 3.63) is 34.9 Å². The van der Waals surface area contributed by atoms with Crippen LogP contribution in [0.1, 0.15) is 25.8 Å². The Bertz CT molecular complexity index is 505. The third-order valence-corrected chi connectivity index (χ3v) is 3.97. The van der Waals surface area contributed by atoms with Crippen molar-refractivity contribution in [2.75, 3.05) is 13.1 Å². The Morgan fingerprint density at radius 2 is 2.29 bits per heavy atom. The van der Waals surface area contributed by atoms with Gasteiger partial charge in [-0.2, -0.15) is 0 Å². The van der Waals surface area contributed by atoms with Crippen molar-refractivity contribution >= 4 is 17.5 Å². The number of amides is 1. The van der Waals surface area contributed by atoms with Gasteiger partial charge in [0.05, 0.1) is 12.1 Å². The minimum Gasteiger partial charge on any atom is -0.392 e. The fraction of sp³-hybridized carbons (Fsp3) is 0.562. The highest BCUT2D eigenvalue weighted by molar-refractivity contribution is 6.30. The van der Waals surface area contributed by atoms with Crippen LogP contribution in [0.5, 0.6) is 0 Å². The first-order valence-corrected chi connectivity index (χ1v) is 7.67. The Hall–Kier alpha value is -1.10. The third-order valence-electron chi connectivity index (χ3n) is 3.74. The van der Waals surface area contributed by atoms with E-state index in [4.69, 9.17) is 11.6 Å². The van der Waals surface area contributed by atoms with E-state index in [1.54, 1.807) is 0 Å². The smallest absolute Gasteiger partial charge is 0.237 e. The van der Waals surface area contributed by atoms with Crippen molar-refractivity contribution in [1.82, 2.24) is 10.6 Å². The molecular weight excluding hydrogens is 288 g/mol. The standard InChI is InChI=1S/C16H23ClN2O2/c1-16(2,8-11-4-3-5-12(17)6-11)10-19-15(21)14-7-13(20)9-18-14/h3-6,13-14,18,20H,7-10H2,1-2H3,(H,19,21). The maximum atomic E-state index is 12.0. The first-order chi connectivity index (χ1) is 9.85. The highest BCUT2D eigenvalue weighted by Gasteiger charge is 2.29. The van der Waals surface area contributed by atoms with Gasteiger partial charge in [0.1, 0.15) is 0 Å². The molecule has 1 heterocycles. The topological polar surface area (TPSA) is 61.4 Å². The number of rotatable bonds is 5. The molecule has 0 bridgehead atoms. The molecule has 1 amide bonds. The zero-order chi connectivity index (χ0) is 15.5. The average Bonchev–Trinajstić information content (AvgIpc) is 2.82. The van der Waals surface area contributed by atoms with Gasteiger partial charge < -0.3 is 15.7 Å².